The molecule has 27 heavy (non-hydrogen) atoms. The van der Waals surface area contributed by atoms with Crippen LogP contribution in [0.15, 0.2) is 29.3 Å². The molecule has 0 radical (unpaired) electrons. The van der Waals surface area contributed by atoms with Crippen LogP contribution < -0.4 is 9.46 Å². The molecule has 0 atom stereocenters. The maximum atomic E-state index is 13.9. The van der Waals surface area contributed by atoms with Crippen LogP contribution in [0.5, 0.6) is 5.88 Å². The van der Waals surface area contributed by atoms with Gasteiger partial charge >= 0.3 is 0 Å². The Morgan fingerprint density at radius 3 is 2.63 bits per heavy atom. The molecule has 0 fully saturated rings. The summed E-state index contributed by atoms with van der Waals surface area (Å²) in [5.74, 6) is -3.16. The van der Waals surface area contributed by atoms with Gasteiger partial charge in [0.05, 0.1) is 4.90 Å². The summed E-state index contributed by atoms with van der Waals surface area (Å²) in [6.45, 7) is -1.12. The molecule has 3 aromatic rings. The number of halogens is 6. The van der Waals surface area contributed by atoms with Crippen LogP contribution in [0, 0.1) is 11.8 Å². The molecule has 0 aliphatic rings. The highest BCUT2D eigenvalue weighted by Gasteiger charge is 2.16. The Morgan fingerprint density at radius 2 is 1.93 bits per heavy atom. The zero-order valence-electron chi connectivity index (χ0n) is 13.1. The van der Waals surface area contributed by atoms with Crippen molar-refractivity contribution in [2.45, 2.75) is 17.7 Å². The van der Waals surface area contributed by atoms with Gasteiger partial charge in [0.1, 0.15) is 17.0 Å². The van der Waals surface area contributed by atoms with E-state index in [-0.39, 0.29) is 11.3 Å². The molecule has 0 spiro atoms. The monoisotopic (exact) mass is 408 g/mol. The number of nitrogens with one attached hydrogen (secondary N) is 2. The highest BCUT2D eigenvalue weighted by Crippen LogP contribution is 2.31. The summed E-state index contributed by atoms with van der Waals surface area (Å²) in [6.07, 6.45) is -4.13. The predicted octanol–water partition coefficient (Wildman–Crippen LogP) is 4.94. The van der Waals surface area contributed by atoms with Crippen LogP contribution in [0.4, 0.5) is 32.0 Å². The number of aromatic nitrogens is 3. The van der Waals surface area contributed by atoms with Crippen molar-refractivity contribution in [2.75, 3.05) is 11.3 Å². The molecule has 3 heterocycles. The Kier molecular flexibility index (Phi) is 5.63. The number of H-pyrrole nitrogens is 1. The number of anilines is 1. The minimum Gasteiger partial charge on any atom is -0.469 e. The third-order valence-corrected chi connectivity index (χ3v) is 4.14. The van der Waals surface area contributed by atoms with Crippen molar-refractivity contribution in [1.82, 2.24) is 15.0 Å². The fourth-order valence-corrected chi connectivity index (χ4v) is 2.83. The van der Waals surface area contributed by atoms with Crippen LogP contribution in [-0.4, -0.2) is 28.0 Å². The number of alkyl halides is 4. The van der Waals surface area contributed by atoms with E-state index in [4.69, 9.17) is 0 Å². The topological polar surface area (TPSA) is 62.8 Å². The third kappa shape index (κ3) is 4.38. The first-order chi connectivity index (χ1) is 12.8. The van der Waals surface area contributed by atoms with Crippen LogP contribution in [-0.2, 0) is 0 Å². The maximum absolute atomic E-state index is 13.9. The van der Waals surface area contributed by atoms with Gasteiger partial charge in [-0.25, -0.2) is 26.9 Å². The molecule has 0 saturated carbocycles. The standard InChI is InChI=1S/C15H10F6N4OS/c16-7-3-9(13(21)24-15(7)26-5-11(17)18)25-27-10-4-22-14-6(10)1-2-8(23-14)12(19)20/h1-4,11-12,25H,5H2,(H,22,23). The molecule has 0 amide bonds. The fraction of sp³-hybridized carbons (Fsp3) is 0.200. The summed E-state index contributed by atoms with van der Waals surface area (Å²) in [6, 6.07) is 3.28. The van der Waals surface area contributed by atoms with Crippen LogP contribution in [0.2, 0.25) is 0 Å². The van der Waals surface area contributed by atoms with Gasteiger partial charge in [-0.1, -0.05) is 0 Å². The van der Waals surface area contributed by atoms with Crippen LogP contribution in [0.3, 0.4) is 0 Å². The molecular weight excluding hydrogens is 398 g/mol. The lowest BCUT2D eigenvalue weighted by atomic mass is 10.3. The van der Waals surface area contributed by atoms with E-state index in [1.807, 2.05) is 0 Å². The van der Waals surface area contributed by atoms with Crippen molar-refractivity contribution in [3.8, 4) is 5.88 Å². The van der Waals surface area contributed by atoms with E-state index in [0.29, 0.717) is 16.3 Å². The van der Waals surface area contributed by atoms with Gasteiger partial charge in [-0.3, -0.25) is 0 Å². The number of hydrogen-bond donors (Lipinski definition) is 2. The second-order valence-electron chi connectivity index (χ2n) is 5.11. The lowest BCUT2D eigenvalue weighted by Crippen LogP contribution is -2.10. The normalized spacial score (nSPS) is 11.6. The molecule has 0 bridgehead atoms. The molecule has 12 heteroatoms. The SMILES string of the molecule is Fc1cc(NSc2c[nH]c3nc(C(F)F)ccc23)c(F)nc1OCC(F)F. The zero-order chi connectivity index (χ0) is 19.6. The first-order valence-electron chi connectivity index (χ1n) is 7.31. The summed E-state index contributed by atoms with van der Waals surface area (Å²) in [4.78, 5) is 10.1. The minimum absolute atomic E-state index is 0.206. The Labute approximate surface area is 152 Å². The molecule has 0 aliphatic heterocycles. The first kappa shape index (κ1) is 19.1. The van der Waals surface area contributed by atoms with Crippen molar-refractivity contribution >= 4 is 28.7 Å². The number of nitrogens with zero attached hydrogens (tertiary/aromatic N) is 2. The van der Waals surface area contributed by atoms with E-state index in [2.05, 4.69) is 24.4 Å². The maximum Gasteiger partial charge on any atom is 0.280 e. The smallest absolute Gasteiger partial charge is 0.280 e. The second kappa shape index (κ2) is 7.94. The Morgan fingerprint density at radius 1 is 1.15 bits per heavy atom. The zero-order valence-corrected chi connectivity index (χ0v) is 14.0. The van der Waals surface area contributed by atoms with Crippen molar-refractivity contribution < 1.29 is 31.1 Å². The first-order valence-corrected chi connectivity index (χ1v) is 8.13. The summed E-state index contributed by atoms with van der Waals surface area (Å²) in [5, 5.41) is 0.489. The van der Waals surface area contributed by atoms with Gasteiger partial charge in [0.15, 0.2) is 12.4 Å². The molecule has 0 aliphatic carbocycles. The van der Waals surface area contributed by atoms with Gasteiger partial charge in [0.25, 0.3) is 18.7 Å². The van der Waals surface area contributed by atoms with Gasteiger partial charge in [0, 0.05) is 17.6 Å². The van der Waals surface area contributed by atoms with E-state index in [1.54, 1.807) is 0 Å². The summed E-state index contributed by atoms with van der Waals surface area (Å²) in [7, 11) is 0. The number of hydrogen-bond acceptors (Lipinski definition) is 5. The van der Waals surface area contributed by atoms with E-state index in [9.17, 15) is 26.3 Å². The van der Waals surface area contributed by atoms with Crippen LogP contribution in [0.25, 0.3) is 11.0 Å². The number of rotatable bonds is 7. The van der Waals surface area contributed by atoms with Crippen molar-refractivity contribution in [2.24, 2.45) is 0 Å². The molecular formula is C15H10F6N4OS. The minimum atomic E-state index is -2.86. The van der Waals surface area contributed by atoms with E-state index >= 15 is 0 Å². The molecule has 0 unspecified atom stereocenters. The highest BCUT2D eigenvalue weighted by molar-refractivity contribution is 8.00. The van der Waals surface area contributed by atoms with Gasteiger partial charge in [0.2, 0.25) is 5.95 Å². The Bertz CT molecular complexity index is 951. The highest BCUT2D eigenvalue weighted by atomic mass is 32.2. The molecule has 144 valence electrons. The quantitative estimate of drug-likeness (QED) is 0.330. The van der Waals surface area contributed by atoms with Crippen LogP contribution >= 0.6 is 11.9 Å². The lowest BCUT2D eigenvalue weighted by Gasteiger charge is -2.09. The lowest BCUT2D eigenvalue weighted by molar-refractivity contribution is 0.0768. The number of fused-ring (bicyclic) bond motifs is 1. The van der Waals surface area contributed by atoms with Gasteiger partial charge < -0.3 is 14.4 Å². The molecule has 2 N–H and O–H groups in total. The molecule has 0 aromatic carbocycles. The van der Waals surface area contributed by atoms with E-state index < -0.39 is 42.8 Å². The average Bonchev–Trinajstić information content (AvgIpc) is 3.03. The Balaban J connectivity index is 1.75. The second-order valence-corrected chi connectivity index (χ2v) is 5.95. The predicted molar refractivity (Wildman–Crippen MR) is 86.2 cm³/mol. The summed E-state index contributed by atoms with van der Waals surface area (Å²) < 4.78 is 84.1. The van der Waals surface area contributed by atoms with Gasteiger partial charge in [-0.2, -0.15) is 9.37 Å². The fourth-order valence-electron chi connectivity index (χ4n) is 2.08. The Hall–Kier alpha value is -2.63. The van der Waals surface area contributed by atoms with Gasteiger partial charge in [-0.05, 0) is 24.1 Å². The summed E-state index contributed by atoms with van der Waals surface area (Å²) >= 11 is 0.855. The van der Waals surface area contributed by atoms with E-state index in [1.165, 1.54) is 12.3 Å². The van der Waals surface area contributed by atoms with Crippen molar-refractivity contribution in [1.29, 1.82) is 0 Å². The van der Waals surface area contributed by atoms with Crippen molar-refractivity contribution in [3.05, 3.63) is 41.9 Å². The van der Waals surface area contributed by atoms with Crippen molar-refractivity contribution in [3.63, 3.8) is 0 Å². The summed E-state index contributed by atoms with van der Waals surface area (Å²) in [5.41, 5.74) is -0.545. The van der Waals surface area contributed by atoms with Gasteiger partial charge in [-0.15, -0.1) is 0 Å². The largest absolute Gasteiger partial charge is 0.469 e. The van der Waals surface area contributed by atoms with E-state index in [0.717, 1.165) is 18.0 Å². The molecule has 3 aromatic heterocycles. The molecule has 0 saturated heterocycles. The molecule has 3 rings (SSSR count). The number of aromatic amines is 1. The third-order valence-electron chi connectivity index (χ3n) is 3.26. The number of pyridine rings is 2. The number of ether oxygens (including phenoxy) is 1. The average molecular weight is 408 g/mol. The van der Waals surface area contributed by atoms with Crippen LogP contribution in [0.1, 0.15) is 12.1 Å². The molecule has 5 nitrogen and oxygen atoms in total.